The summed E-state index contributed by atoms with van der Waals surface area (Å²) in [6.45, 7) is 4.08. The van der Waals surface area contributed by atoms with Gasteiger partial charge >= 0.3 is 0 Å². The molecule has 0 bridgehead atoms. The molecule has 2 N–H and O–H groups in total. The predicted molar refractivity (Wildman–Crippen MR) is 65.2 cm³/mol. The van der Waals surface area contributed by atoms with Crippen LogP contribution in [0.3, 0.4) is 0 Å². The monoisotopic (exact) mass is 273 g/mol. The third kappa shape index (κ3) is 4.31. The third-order valence-electron chi connectivity index (χ3n) is 2.36. The van der Waals surface area contributed by atoms with Gasteiger partial charge in [-0.1, -0.05) is 28.9 Å². The number of rotatable bonds is 4. The van der Waals surface area contributed by atoms with Gasteiger partial charge in [-0.15, -0.1) is 0 Å². The maximum Gasteiger partial charge on any atom is 0.127 e. The second-order valence-electron chi connectivity index (χ2n) is 4.26. The molecule has 0 aromatic heterocycles. The van der Waals surface area contributed by atoms with E-state index in [-0.39, 0.29) is 11.9 Å². The standard InChI is InChI=1S/C12H17BrFN/c1-8(5-9(2)15)6-10-3-4-11(13)7-12(10)14/h3-4,7-9H,5-6,15H2,1-2H3. The molecule has 0 aliphatic rings. The van der Waals surface area contributed by atoms with E-state index in [1.807, 2.05) is 19.1 Å². The molecular formula is C12H17BrFN. The molecule has 0 radical (unpaired) electrons. The lowest BCUT2D eigenvalue weighted by Crippen LogP contribution is -2.19. The van der Waals surface area contributed by atoms with Gasteiger partial charge in [0, 0.05) is 10.5 Å². The Morgan fingerprint density at radius 1 is 1.40 bits per heavy atom. The van der Waals surface area contributed by atoms with Crippen LogP contribution in [0.4, 0.5) is 4.39 Å². The molecule has 0 saturated heterocycles. The molecule has 3 heteroatoms. The summed E-state index contributed by atoms with van der Waals surface area (Å²) < 4.78 is 14.3. The molecule has 0 aliphatic carbocycles. The number of benzene rings is 1. The highest BCUT2D eigenvalue weighted by Gasteiger charge is 2.09. The van der Waals surface area contributed by atoms with Crippen LogP contribution in [0.25, 0.3) is 0 Å². The van der Waals surface area contributed by atoms with Gasteiger partial charge in [-0.2, -0.15) is 0 Å². The van der Waals surface area contributed by atoms with Crippen molar-refractivity contribution in [3.63, 3.8) is 0 Å². The van der Waals surface area contributed by atoms with Gasteiger partial charge in [-0.25, -0.2) is 4.39 Å². The quantitative estimate of drug-likeness (QED) is 0.893. The van der Waals surface area contributed by atoms with E-state index in [2.05, 4.69) is 22.9 Å². The molecule has 15 heavy (non-hydrogen) atoms. The summed E-state index contributed by atoms with van der Waals surface area (Å²) in [5, 5.41) is 0. The van der Waals surface area contributed by atoms with Crippen molar-refractivity contribution in [1.29, 1.82) is 0 Å². The highest BCUT2D eigenvalue weighted by atomic mass is 79.9. The molecule has 0 fully saturated rings. The minimum atomic E-state index is -0.138. The first kappa shape index (κ1) is 12.7. The van der Waals surface area contributed by atoms with Crippen molar-refractivity contribution in [2.75, 3.05) is 0 Å². The van der Waals surface area contributed by atoms with Crippen molar-refractivity contribution in [2.24, 2.45) is 11.7 Å². The summed E-state index contributed by atoms with van der Waals surface area (Å²) in [6, 6.07) is 5.39. The van der Waals surface area contributed by atoms with E-state index < -0.39 is 0 Å². The number of halogens is 2. The van der Waals surface area contributed by atoms with Crippen molar-refractivity contribution < 1.29 is 4.39 Å². The molecular weight excluding hydrogens is 257 g/mol. The zero-order chi connectivity index (χ0) is 11.4. The average molecular weight is 274 g/mol. The Morgan fingerprint density at radius 3 is 2.60 bits per heavy atom. The summed E-state index contributed by atoms with van der Waals surface area (Å²) in [5.74, 6) is 0.279. The van der Waals surface area contributed by atoms with E-state index in [0.29, 0.717) is 5.92 Å². The molecule has 0 heterocycles. The summed E-state index contributed by atoms with van der Waals surface area (Å²) in [7, 11) is 0. The smallest absolute Gasteiger partial charge is 0.127 e. The van der Waals surface area contributed by atoms with Crippen LogP contribution in [0.2, 0.25) is 0 Å². The molecule has 2 unspecified atom stereocenters. The molecule has 1 aromatic rings. The first-order chi connectivity index (χ1) is 6.99. The van der Waals surface area contributed by atoms with Gasteiger partial charge in [0.2, 0.25) is 0 Å². The average Bonchev–Trinajstić information content (AvgIpc) is 2.08. The minimum Gasteiger partial charge on any atom is -0.328 e. The van der Waals surface area contributed by atoms with E-state index in [1.165, 1.54) is 6.07 Å². The van der Waals surface area contributed by atoms with Gasteiger partial charge in [0.15, 0.2) is 0 Å². The largest absolute Gasteiger partial charge is 0.328 e. The lowest BCUT2D eigenvalue weighted by atomic mass is 9.95. The van der Waals surface area contributed by atoms with E-state index in [0.717, 1.165) is 22.9 Å². The Bertz CT molecular complexity index is 325. The maximum atomic E-state index is 13.5. The Morgan fingerprint density at radius 2 is 2.07 bits per heavy atom. The van der Waals surface area contributed by atoms with E-state index >= 15 is 0 Å². The predicted octanol–water partition coefficient (Wildman–Crippen LogP) is 3.50. The second kappa shape index (κ2) is 5.61. The fourth-order valence-electron chi connectivity index (χ4n) is 1.78. The van der Waals surface area contributed by atoms with Crippen molar-refractivity contribution >= 4 is 15.9 Å². The topological polar surface area (TPSA) is 26.0 Å². The summed E-state index contributed by atoms with van der Waals surface area (Å²) >= 11 is 3.24. The summed E-state index contributed by atoms with van der Waals surface area (Å²) in [4.78, 5) is 0. The lowest BCUT2D eigenvalue weighted by molar-refractivity contribution is 0.469. The fraction of sp³-hybridized carbons (Fsp3) is 0.500. The Hall–Kier alpha value is -0.410. The molecule has 2 atom stereocenters. The lowest BCUT2D eigenvalue weighted by Gasteiger charge is -2.14. The molecule has 0 saturated carbocycles. The normalized spacial score (nSPS) is 15.0. The number of hydrogen-bond acceptors (Lipinski definition) is 1. The molecule has 84 valence electrons. The first-order valence-corrected chi connectivity index (χ1v) is 5.98. The number of nitrogens with two attached hydrogens (primary N) is 1. The summed E-state index contributed by atoms with van der Waals surface area (Å²) in [5.41, 5.74) is 6.48. The molecule has 0 amide bonds. The highest BCUT2D eigenvalue weighted by molar-refractivity contribution is 9.10. The molecule has 0 aliphatic heterocycles. The fourth-order valence-corrected chi connectivity index (χ4v) is 2.11. The van der Waals surface area contributed by atoms with Gasteiger partial charge in [-0.05, 0) is 43.4 Å². The Labute approximate surface area is 99.0 Å². The van der Waals surface area contributed by atoms with Crippen molar-refractivity contribution in [3.8, 4) is 0 Å². The van der Waals surface area contributed by atoms with Crippen molar-refractivity contribution in [2.45, 2.75) is 32.7 Å². The van der Waals surface area contributed by atoms with Gasteiger partial charge < -0.3 is 5.73 Å². The number of hydrogen-bond donors (Lipinski definition) is 1. The molecule has 1 rings (SSSR count). The Kier molecular flexibility index (Phi) is 4.74. The summed E-state index contributed by atoms with van der Waals surface area (Å²) in [6.07, 6.45) is 1.68. The molecule has 0 spiro atoms. The van der Waals surface area contributed by atoms with Gasteiger partial charge in [0.05, 0.1) is 0 Å². The van der Waals surface area contributed by atoms with Crippen LogP contribution >= 0.6 is 15.9 Å². The highest BCUT2D eigenvalue weighted by Crippen LogP contribution is 2.19. The van der Waals surface area contributed by atoms with Gasteiger partial charge in [-0.3, -0.25) is 0 Å². The SMILES string of the molecule is CC(N)CC(C)Cc1ccc(Br)cc1F. The van der Waals surface area contributed by atoms with E-state index in [1.54, 1.807) is 0 Å². The van der Waals surface area contributed by atoms with Crippen LogP contribution in [-0.2, 0) is 6.42 Å². The van der Waals surface area contributed by atoms with Gasteiger partial charge in [0.1, 0.15) is 5.82 Å². The molecule has 1 aromatic carbocycles. The Balaban J connectivity index is 2.64. The second-order valence-corrected chi connectivity index (χ2v) is 5.17. The van der Waals surface area contributed by atoms with Crippen LogP contribution in [0.5, 0.6) is 0 Å². The third-order valence-corrected chi connectivity index (χ3v) is 2.85. The van der Waals surface area contributed by atoms with E-state index in [9.17, 15) is 4.39 Å². The zero-order valence-corrected chi connectivity index (χ0v) is 10.7. The first-order valence-electron chi connectivity index (χ1n) is 5.18. The van der Waals surface area contributed by atoms with Crippen molar-refractivity contribution in [1.82, 2.24) is 0 Å². The van der Waals surface area contributed by atoms with Crippen LogP contribution < -0.4 is 5.73 Å². The van der Waals surface area contributed by atoms with Crippen LogP contribution in [0.15, 0.2) is 22.7 Å². The van der Waals surface area contributed by atoms with Crippen LogP contribution in [-0.4, -0.2) is 6.04 Å². The van der Waals surface area contributed by atoms with Crippen LogP contribution in [0.1, 0.15) is 25.8 Å². The van der Waals surface area contributed by atoms with Crippen molar-refractivity contribution in [3.05, 3.63) is 34.1 Å². The van der Waals surface area contributed by atoms with E-state index in [4.69, 9.17) is 5.73 Å². The maximum absolute atomic E-state index is 13.5. The minimum absolute atomic E-state index is 0.138. The zero-order valence-electron chi connectivity index (χ0n) is 9.13. The van der Waals surface area contributed by atoms with Gasteiger partial charge in [0.25, 0.3) is 0 Å². The van der Waals surface area contributed by atoms with Crippen LogP contribution in [0, 0.1) is 11.7 Å². The molecule has 1 nitrogen and oxygen atoms in total.